The molecule has 1 aliphatic rings. The molecule has 2 atom stereocenters. The molecular weight excluding hydrogens is 152 g/mol. The van der Waals surface area contributed by atoms with Crippen LogP contribution in [0.15, 0.2) is 0 Å². The Balaban J connectivity index is 2.57. The summed E-state index contributed by atoms with van der Waals surface area (Å²) in [5.41, 5.74) is -0.685. The lowest BCUT2D eigenvalue weighted by atomic mass is 9.75. The number of Topliss-reactive ketones (excluding diaryl/α,β-unsaturated/α-hetero) is 1. The highest BCUT2D eigenvalue weighted by molar-refractivity contribution is 5.81. The molecule has 0 bridgehead atoms. The molecule has 0 amide bonds. The van der Waals surface area contributed by atoms with E-state index in [1.807, 2.05) is 6.92 Å². The van der Waals surface area contributed by atoms with Crippen molar-refractivity contribution < 1.29 is 9.90 Å². The molecule has 2 heteroatoms. The highest BCUT2D eigenvalue weighted by atomic mass is 16.3. The van der Waals surface area contributed by atoms with Gasteiger partial charge in [-0.1, -0.05) is 6.92 Å². The summed E-state index contributed by atoms with van der Waals surface area (Å²) < 4.78 is 0. The highest BCUT2D eigenvalue weighted by Crippen LogP contribution is 2.32. The van der Waals surface area contributed by atoms with Crippen molar-refractivity contribution in [3.8, 4) is 0 Å². The molecule has 1 fully saturated rings. The number of carbonyl (C=O) groups is 1. The first kappa shape index (κ1) is 9.72. The Kier molecular flexibility index (Phi) is 2.57. The maximum atomic E-state index is 11.3. The molecule has 0 spiro atoms. The van der Waals surface area contributed by atoms with E-state index < -0.39 is 5.60 Å². The van der Waals surface area contributed by atoms with Crippen molar-refractivity contribution in [3.63, 3.8) is 0 Å². The van der Waals surface area contributed by atoms with Gasteiger partial charge in [0.1, 0.15) is 5.78 Å². The number of hydrogen-bond donors (Lipinski definition) is 1. The number of hydrogen-bond acceptors (Lipinski definition) is 2. The summed E-state index contributed by atoms with van der Waals surface area (Å²) in [7, 11) is 0. The Morgan fingerprint density at radius 2 is 2.00 bits per heavy atom. The zero-order chi connectivity index (χ0) is 9.35. The lowest BCUT2D eigenvalue weighted by Crippen LogP contribution is -2.37. The van der Waals surface area contributed by atoms with E-state index in [4.69, 9.17) is 0 Å². The van der Waals surface area contributed by atoms with Crippen LogP contribution in [-0.2, 0) is 4.79 Å². The van der Waals surface area contributed by atoms with Crippen molar-refractivity contribution in [1.29, 1.82) is 0 Å². The van der Waals surface area contributed by atoms with Crippen LogP contribution >= 0.6 is 0 Å². The van der Waals surface area contributed by atoms with E-state index in [0.29, 0.717) is 12.2 Å². The van der Waals surface area contributed by atoms with E-state index in [2.05, 4.69) is 0 Å². The summed E-state index contributed by atoms with van der Waals surface area (Å²) >= 11 is 0. The minimum absolute atomic E-state index is 0.168. The zero-order valence-corrected chi connectivity index (χ0v) is 8.13. The molecule has 1 N–H and O–H groups in total. The fourth-order valence-electron chi connectivity index (χ4n) is 1.76. The second kappa shape index (κ2) is 3.17. The minimum atomic E-state index is -0.685. The maximum absolute atomic E-state index is 11.3. The van der Waals surface area contributed by atoms with Crippen molar-refractivity contribution in [3.05, 3.63) is 0 Å². The molecule has 2 nitrogen and oxygen atoms in total. The van der Waals surface area contributed by atoms with Crippen LogP contribution in [0.3, 0.4) is 0 Å². The molecule has 12 heavy (non-hydrogen) atoms. The van der Waals surface area contributed by atoms with Crippen LogP contribution in [-0.4, -0.2) is 16.5 Å². The average molecular weight is 170 g/mol. The van der Waals surface area contributed by atoms with Crippen LogP contribution in [0.5, 0.6) is 0 Å². The minimum Gasteiger partial charge on any atom is -0.390 e. The van der Waals surface area contributed by atoms with Crippen LogP contribution in [0.4, 0.5) is 0 Å². The summed E-state index contributed by atoms with van der Waals surface area (Å²) in [5.74, 6) is 0.693. The second-order valence-corrected chi connectivity index (χ2v) is 4.50. The summed E-state index contributed by atoms with van der Waals surface area (Å²) in [5, 5.41) is 9.69. The van der Waals surface area contributed by atoms with Gasteiger partial charge in [0.05, 0.1) is 5.60 Å². The molecule has 1 saturated carbocycles. The Labute approximate surface area is 74.0 Å². The van der Waals surface area contributed by atoms with Crippen molar-refractivity contribution in [2.75, 3.05) is 0 Å². The van der Waals surface area contributed by atoms with Gasteiger partial charge < -0.3 is 5.11 Å². The van der Waals surface area contributed by atoms with Crippen LogP contribution in [0, 0.1) is 11.8 Å². The Bertz CT molecular complexity index is 179. The average Bonchev–Trinajstić information content (AvgIpc) is 1.92. The van der Waals surface area contributed by atoms with Gasteiger partial charge in [0.2, 0.25) is 0 Å². The van der Waals surface area contributed by atoms with Crippen molar-refractivity contribution >= 4 is 5.78 Å². The van der Waals surface area contributed by atoms with Crippen LogP contribution in [0.1, 0.15) is 40.0 Å². The van der Waals surface area contributed by atoms with E-state index in [0.717, 1.165) is 12.8 Å². The van der Waals surface area contributed by atoms with E-state index in [1.54, 1.807) is 13.8 Å². The number of rotatable bonds is 1. The van der Waals surface area contributed by atoms with E-state index in [-0.39, 0.29) is 11.8 Å². The molecule has 0 saturated heterocycles. The zero-order valence-electron chi connectivity index (χ0n) is 8.13. The van der Waals surface area contributed by atoms with E-state index in [9.17, 15) is 9.90 Å². The van der Waals surface area contributed by atoms with Crippen molar-refractivity contribution in [2.24, 2.45) is 11.8 Å². The van der Waals surface area contributed by atoms with Crippen LogP contribution in [0.2, 0.25) is 0 Å². The molecule has 0 unspecified atom stereocenters. The van der Waals surface area contributed by atoms with Gasteiger partial charge in [-0.05, 0) is 32.6 Å². The number of aliphatic hydroxyl groups is 1. The molecule has 1 rings (SSSR count). The topological polar surface area (TPSA) is 37.3 Å². The van der Waals surface area contributed by atoms with Crippen LogP contribution < -0.4 is 0 Å². The molecule has 0 radical (unpaired) electrons. The second-order valence-electron chi connectivity index (χ2n) is 4.50. The van der Waals surface area contributed by atoms with E-state index >= 15 is 0 Å². The lowest BCUT2D eigenvalue weighted by Gasteiger charge is -2.33. The number of carbonyl (C=O) groups excluding carboxylic acids is 1. The largest absolute Gasteiger partial charge is 0.390 e. The molecule has 0 aliphatic heterocycles. The summed E-state index contributed by atoms with van der Waals surface area (Å²) in [6.45, 7) is 5.56. The molecule has 70 valence electrons. The lowest BCUT2D eigenvalue weighted by molar-refractivity contribution is -0.129. The molecule has 0 aromatic carbocycles. The SMILES string of the molecule is C[C@@H]1CC[C@@H](C(C)(C)O)CC1=O. The molecule has 0 aromatic rings. The van der Waals surface area contributed by atoms with Gasteiger partial charge in [-0.15, -0.1) is 0 Å². The third kappa shape index (κ3) is 2.07. The molecule has 0 heterocycles. The van der Waals surface area contributed by atoms with Crippen molar-refractivity contribution in [2.45, 2.75) is 45.6 Å². The highest BCUT2D eigenvalue weighted by Gasteiger charge is 2.34. The van der Waals surface area contributed by atoms with Gasteiger partial charge in [0, 0.05) is 12.3 Å². The smallest absolute Gasteiger partial charge is 0.136 e. The summed E-state index contributed by atoms with van der Waals surface area (Å²) in [6.07, 6.45) is 2.48. The summed E-state index contributed by atoms with van der Waals surface area (Å²) in [6, 6.07) is 0. The van der Waals surface area contributed by atoms with Gasteiger partial charge in [-0.25, -0.2) is 0 Å². The summed E-state index contributed by atoms with van der Waals surface area (Å²) in [4.78, 5) is 11.3. The van der Waals surface area contributed by atoms with Crippen LogP contribution in [0.25, 0.3) is 0 Å². The number of ketones is 1. The third-order valence-electron chi connectivity index (χ3n) is 2.94. The predicted octanol–water partition coefficient (Wildman–Crippen LogP) is 1.76. The monoisotopic (exact) mass is 170 g/mol. The maximum Gasteiger partial charge on any atom is 0.136 e. The molecular formula is C10H18O2. The van der Waals surface area contributed by atoms with E-state index in [1.165, 1.54) is 0 Å². The Hall–Kier alpha value is -0.370. The Morgan fingerprint density at radius 1 is 1.42 bits per heavy atom. The van der Waals surface area contributed by atoms with Gasteiger partial charge in [0.15, 0.2) is 0 Å². The predicted molar refractivity (Wildman–Crippen MR) is 47.8 cm³/mol. The molecule has 0 aromatic heterocycles. The quantitative estimate of drug-likeness (QED) is 0.651. The normalized spacial score (nSPS) is 32.2. The van der Waals surface area contributed by atoms with Gasteiger partial charge >= 0.3 is 0 Å². The van der Waals surface area contributed by atoms with Gasteiger partial charge in [-0.3, -0.25) is 4.79 Å². The first-order chi connectivity index (χ1) is 5.41. The standard InChI is InChI=1S/C10H18O2/c1-7-4-5-8(6-9(7)11)10(2,3)12/h7-8,12H,4-6H2,1-3H3/t7-,8-/m1/s1. The fourth-order valence-corrected chi connectivity index (χ4v) is 1.76. The third-order valence-corrected chi connectivity index (χ3v) is 2.94. The van der Waals surface area contributed by atoms with Crippen molar-refractivity contribution in [1.82, 2.24) is 0 Å². The van der Waals surface area contributed by atoms with Gasteiger partial charge in [0.25, 0.3) is 0 Å². The first-order valence-electron chi connectivity index (χ1n) is 4.66. The fraction of sp³-hybridized carbons (Fsp3) is 0.900. The first-order valence-corrected chi connectivity index (χ1v) is 4.66. The van der Waals surface area contributed by atoms with Gasteiger partial charge in [-0.2, -0.15) is 0 Å². The molecule has 1 aliphatic carbocycles. The Morgan fingerprint density at radius 3 is 2.42 bits per heavy atom.